The number of ether oxygens (including phenoxy) is 1. The second-order valence-electron chi connectivity index (χ2n) is 10.8. The van der Waals surface area contributed by atoms with Crippen LogP contribution in [0.15, 0.2) is 101 Å². The van der Waals surface area contributed by atoms with Crippen molar-refractivity contribution in [3.05, 3.63) is 108 Å². The lowest BCUT2D eigenvalue weighted by Crippen LogP contribution is -2.25. The van der Waals surface area contributed by atoms with Crippen LogP contribution in [0.4, 0.5) is 22.7 Å². The lowest BCUT2D eigenvalue weighted by Gasteiger charge is -2.32. The summed E-state index contributed by atoms with van der Waals surface area (Å²) in [5.74, 6) is 1.59. The Hall–Kier alpha value is -5.39. The van der Waals surface area contributed by atoms with Crippen molar-refractivity contribution in [2.45, 2.75) is 0 Å². The Balaban J connectivity index is 1.30. The van der Waals surface area contributed by atoms with Crippen LogP contribution in [0.1, 0.15) is 11.4 Å². The fourth-order valence-corrected chi connectivity index (χ4v) is 6.42. The zero-order valence-electron chi connectivity index (χ0n) is 24.1. The molecule has 6 aromatic rings. The van der Waals surface area contributed by atoms with Crippen molar-refractivity contribution in [1.82, 2.24) is 18.7 Å². The number of rotatable bonds is 4. The molecule has 0 saturated carbocycles. The summed E-state index contributed by atoms with van der Waals surface area (Å²) in [6.45, 7) is 0. The molecule has 1 aliphatic heterocycles. The average molecular weight is 625 g/mol. The fourth-order valence-electron chi connectivity index (χ4n) is 5.67. The summed E-state index contributed by atoms with van der Waals surface area (Å²) in [5.41, 5.74) is 9.50. The molecule has 0 bridgehead atoms. The maximum atomic E-state index is 8.73. The van der Waals surface area contributed by atoms with E-state index in [1.807, 2.05) is 74.8 Å². The standard InChI is InChI=1S/C34H24N8OS2/c1-41(2)21-15-11-19(12-16-21)29-28(36-32-30(38-44)27(35)31-34(33(32)37-29)40-45-39-31)20-13-17-22(18-14-20)42-23-7-3-5-9-25(23)43-26-10-6-4-8-24(26)42/h3-18,35,44H,1-2H3/b35-27?,38-30+. The Morgan fingerprint density at radius 3 is 1.84 bits per heavy atom. The first-order valence-corrected chi connectivity index (χ1v) is 15.3. The van der Waals surface area contributed by atoms with Crippen LogP contribution in [-0.4, -0.2) is 44.2 Å². The van der Waals surface area contributed by atoms with E-state index in [1.54, 1.807) is 0 Å². The molecule has 1 N–H and O–H groups in total. The van der Waals surface area contributed by atoms with Gasteiger partial charge in [-0.15, -0.1) is 0 Å². The van der Waals surface area contributed by atoms with E-state index in [0.717, 1.165) is 57.1 Å². The summed E-state index contributed by atoms with van der Waals surface area (Å²) in [4.78, 5) is 14.5. The summed E-state index contributed by atoms with van der Waals surface area (Å²) in [7, 11) is 4.02. The Morgan fingerprint density at radius 1 is 0.689 bits per heavy atom. The highest BCUT2D eigenvalue weighted by atomic mass is 32.1. The predicted molar refractivity (Wildman–Crippen MR) is 183 cm³/mol. The van der Waals surface area contributed by atoms with Gasteiger partial charge in [-0.25, -0.2) is 14.4 Å². The van der Waals surface area contributed by atoms with Crippen LogP contribution in [0.5, 0.6) is 11.5 Å². The third-order valence-electron chi connectivity index (χ3n) is 7.89. The smallest absolute Gasteiger partial charge is 0.151 e. The highest BCUT2D eigenvalue weighted by molar-refractivity contribution is 7.79. The maximum Gasteiger partial charge on any atom is 0.151 e. The normalized spacial score (nSPS) is 13.9. The van der Waals surface area contributed by atoms with Crippen LogP contribution < -0.4 is 14.5 Å². The van der Waals surface area contributed by atoms with Crippen LogP contribution in [-0.2, 0) is 0 Å². The number of fused-ring (bicyclic) bond motifs is 5. The number of para-hydroxylation sites is 4. The number of nitrogens with zero attached hydrogens (tertiary/aromatic N) is 7. The van der Waals surface area contributed by atoms with E-state index in [-0.39, 0.29) is 5.71 Å². The number of aromatic nitrogens is 4. The van der Waals surface area contributed by atoms with E-state index in [0.29, 0.717) is 39.9 Å². The van der Waals surface area contributed by atoms with Gasteiger partial charge in [0.2, 0.25) is 0 Å². The largest absolute Gasteiger partial charge is 0.453 e. The third kappa shape index (κ3) is 4.39. The van der Waals surface area contributed by atoms with Crippen molar-refractivity contribution in [2.75, 3.05) is 23.9 Å². The minimum Gasteiger partial charge on any atom is -0.453 e. The minimum absolute atomic E-state index is 0.129. The highest BCUT2D eigenvalue weighted by Crippen LogP contribution is 2.50. The molecular formula is C34H24N8OS2. The Bertz CT molecular complexity index is 2110. The van der Waals surface area contributed by atoms with Crippen molar-refractivity contribution < 1.29 is 4.74 Å². The molecule has 0 spiro atoms. The first-order chi connectivity index (χ1) is 22.0. The highest BCUT2D eigenvalue weighted by Gasteiger charge is 2.34. The summed E-state index contributed by atoms with van der Waals surface area (Å²) < 4.78 is 19.2. The van der Waals surface area contributed by atoms with Crippen LogP contribution >= 0.6 is 24.5 Å². The second kappa shape index (κ2) is 10.7. The molecule has 4 aromatic carbocycles. The lowest BCUT2D eigenvalue weighted by molar-refractivity contribution is 0.477. The van der Waals surface area contributed by atoms with Gasteiger partial charge in [0.15, 0.2) is 11.5 Å². The van der Waals surface area contributed by atoms with Gasteiger partial charge in [-0.05, 0) is 61.3 Å². The molecule has 8 rings (SSSR count). The first-order valence-electron chi connectivity index (χ1n) is 14.1. The van der Waals surface area contributed by atoms with Gasteiger partial charge in [0.05, 0.1) is 34.5 Å². The number of thiol groups is 1. The number of benzene rings is 4. The van der Waals surface area contributed by atoms with Crippen molar-refractivity contribution in [3.8, 4) is 45.4 Å². The zero-order chi connectivity index (χ0) is 30.7. The summed E-state index contributed by atoms with van der Waals surface area (Å²) >= 11 is 5.24. The van der Waals surface area contributed by atoms with Gasteiger partial charge < -0.3 is 14.5 Å². The number of anilines is 4. The zero-order valence-corrected chi connectivity index (χ0v) is 25.8. The number of hydrogen-bond donors (Lipinski definition) is 2. The SMILES string of the molecule is CN(C)c1ccc(-c2nc3c(nc2-c2ccc(N4c5ccccc5Oc5ccccc54)cc2)/C(=N/S)C(=N)c2nsnc2-3)cc1. The third-order valence-corrected chi connectivity index (χ3v) is 8.62. The molecule has 0 amide bonds. The monoisotopic (exact) mass is 624 g/mol. The average Bonchev–Trinajstić information content (AvgIpc) is 3.58. The molecule has 45 heavy (non-hydrogen) atoms. The second-order valence-corrected chi connectivity index (χ2v) is 11.5. The van der Waals surface area contributed by atoms with Crippen LogP contribution in [0.25, 0.3) is 33.9 Å². The topological polar surface area (TPSA) is 103 Å². The Morgan fingerprint density at radius 2 is 1.24 bits per heavy atom. The maximum absolute atomic E-state index is 8.73. The quantitative estimate of drug-likeness (QED) is 0.191. The molecule has 2 aromatic heterocycles. The summed E-state index contributed by atoms with van der Waals surface area (Å²) in [6, 6.07) is 32.5. The first kappa shape index (κ1) is 27.2. The predicted octanol–water partition coefficient (Wildman–Crippen LogP) is 7.99. The fraction of sp³-hybridized carbons (Fsp3) is 0.0588. The van der Waals surface area contributed by atoms with Crippen molar-refractivity contribution in [1.29, 1.82) is 5.41 Å². The summed E-state index contributed by atoms with van der Waals surface area (Å²) in [6.07, 6.45) is 0. The van der Waals surface area contributed by atoms with Crippen LogP contribution in [0.2, 0.25) is 0 Å². The molecule has 0 atom stereocenters. The van der Waals surface area contributed by atoms with Gasteiger partial charge in [0.25, 0.3) is 0 Å². The number of nitrogens with one attached hydrogen (secondary N) is 1. The van der Waals surface area contributed by atoms with Crippen LogP contribution in [0, 0.1) is 5.41 Å². The Labute approximate surface area is 268 Å². The van der Waals surface area contributed by atoms with E-state index in [4.69, 9.17) is 20.1 Å². The molecule has 11 heteroatoms. The van der Waals surface area contributed by atoms with Gasteiger partial charge in [-0.2, -0.15) is 8.75 Å². The van der Waals surface area contributed by atoms with E-state index >= 15 is 0 Å². The molecule has 1 aliphatic carbocycles. The minimum atomic E-state index is 0.129. The van der Waals surface area contributed by atoms with Crippen molar-refractivity contribution >= 4 is 58.7 Å². The van der Waals surface area contributed by atoms with Gasteiger partial charge in [-0.1, -0.05) is 48.5 Å². The van der Waals surface area contributed by atoms with Gasteiger partial charge in [0.1, 0.15) is 34.2 Å². The van der Waals surface area contributed by atoms with E-state index in [9.17, 15) is 0 Å². The molecular weight excluding hydrogens is 601 g/mol. The molecule has 0 saturated heterocycles. The van der Waals surface area contributed by atoms with E-state index in [1.165, 1.54) is 0 Å². The molecule has 3 heterocycles. The van der Waals surface area contributed by atoms with E-state index in [2.05, 4.69) is 72.2 Å². The van der Waals surface area contributed by atoms with Gasteiger partial charge in [-0.3, -0.25) is 5.41 Å². The van der Waals surface area contributed by atoms with Crippen molar-refractivity contribution in [2.24, 2.45) is 4.40 Å². The molecule has 0 unspecified atom stereocenters. The molecule has 0 radical (unpaired) electrons. The molecule has 2 aliphatic rings. The molecule has 0 fully saturated rings. The lowest BCUT2D eigenvalue weighted by atomic mass is 9.95. The molecule has 218 valence electrons. The van der Waals surface area contributed by atoms with Crippen molar-refractivity contribution in [3.63, 3.8) is 0 Å². The Kier molecular flexibility index (Phi) is 6.43. The molecule has 9 nitrogen and oxygen atoms in total. The van der Waals surface area contributed by atoms with E-state index < -0.39 is 0 Å². The van der Waals surface area contributed by atoms with Crippen LogP contribution in [0.3, 0.4) is 0 Å². The van der Waals surface area contributed by atoms with Gasteiger partial charge >= 0.3 is 0 Å². The summed E-state index contributed by atoms with van der Waals surface area (Å²) in [5, 5.41) is 8.73. The number of hydrogen-bond acceptors (Lipinski definition) is 11. The van der Waals surface area contributed by atoms with Gasteiger partial charge in [0, 0.05) is 36.6 Å².